The van der Waals surface area contributed by atoms with Gasteiger partial charge < -0.3 is 19.5 Å². The maximum atomic E-state index is 11.8. The van der Waals surface area contributed by atoms with Crippen LogP contribution in [0.4, 0.5) is 0 Å². The van der Waals surface area contributed by atoms with Gasteiger partial charge in [-0.15, -0.1) is 0 Å². The quantitative estimate of drug-likeness (QED) is 0.286. The van der Waals surface area contributed by atoms with Gasteiger partial charge in [0.15, 0.2) is 11.5 Å². The Bertz CT molecular complexity index is 659. The van der Waals surface area contributed by atoms with E-state index in [1.165, 1.54) is 13.3 Å². The summed E-state index contributed by atoms with van der Waals surface area (Å²) in [7, 11) is 3.08. The Hall–Kier alpha value is -2.65. The van der Waals surface area contributed by atoms with Gasteiger partial charge in [-0.3, -0.25) is 14.5 Å². The fraction of sp³-hybridized carbons (Fsp3) is 0.500. The third-order valence-corrected chi connectivity index (χ3v) is 4.03. The number of hydrogen-bond donors (Lipinski definition) is 2. The highest BCUT2D eigenvalue weighted by Gasteiger charge is 2.13. The third kappa shape index (κ3) is 6.87. The minimum Gasteiger partial charge on any atom is -0.493 e. The molecule has 1 aliphatic rings. The number of nitrogens with one attached hydrogen (secondary N) is 2. The molecule has 1 aromatic carbocycles. The summed E-state index contributed by atoms with van der Waals surface area (Å²) in [6, 6.07) is 5.19. The van der Waals surface area contributed by atoms with E-state index in [1.807, 2.05) is 0 Å². The van der Waals surface area contributed by atoms with Crippen molar-refractivity contribution in [3.8, 4) is 11.5 Å². The summed E-state index contributed by atoms with van der Waals surface area (Å²) >= 11 is 0. The lowest BCUT2D eigenvalue weighted by atomic mass is 10.2. The third-order valence-electron chi connectivity index (χ3n) is 4.03. The number of methoxy groups -OCH3 is 2. The van der Waals surface area contributed by atoms with Crippen molar-refractivity contribution in [2.24, 2.45) is 5.10 Å². The molecule has 0 saturated carbocycles. The van der Waals surface area contributed by atoms with Gasteiger partial charge in [0.2, 0.25) is 0 Å². The first kappa shape index (κ1) is 20.7. The molecule has 1 saturated heterocycles. The van der Waals surface area contributed by atoms with Crippen LogP contribution in [0.2, 0.25) is 0 Å². The van der Waals surface area contributed by atoms with E-state index in [1.54, 1.807) is 25.3 Å². The molecule has 2 N–H and O–H groups in total. The Kier molecular flexibility index (Phi) is 8.53. The number of nitrogens with zero attached hydrogens (tertiary/aromatic N) is 2. The van der Waals surface area contributed by atoms with Gasteiger partial charge in [-0.2, -0.15) is 5.10 Å². The fourth-order valence-electron chi connectivity index (χ4n) is 2.56. The molecular weight excluding hydrogens is 352 g/mol. The first-order chi connectivity index (χ1) is 13.1. The molecule has 1 aromatic rings. The van der Waals surface area contributed by atoms with Gasteiger partial charge >= 0.3 is 11.8 Å². The molecule has 2 rings (SSSR count). The van der Waals surface area contributed by atoms with Crippen LogP contribution in [0.25, 0.3) is 0 Å². The highest BCUT2D eigenvalue weighted by Crippen LogP contribution is 2.26. The van der Waals surface area contributed by atoms with E-state index < -0.39 is 11.8 Å². The van der Waals surface area contributed by atoms with Gasteiger partial charge in [-0.1, -0.05) is 0 Å². The fourth-order valence-corrected chi connectivity index (χ4v) is 2.56. The molecule has 0 spiro atoms. The van der Waals surface area contributed by atoms with Crippen molar-refractivity contribution in [1.29, 1.82) is 0 Å². The number of carbonyl (C=O) groups is 2. The zero-order valence-electron chi connectivity index (χ0n) is 15.7. The number of hydrazone groups is 1. The standard InChI is InChI=1S/C18H26N4O5/c1-25-15-5-4-14(12-16(15)26-2)13-20-21-18(24)17(23)19-6-3-7-22-8-10-27-11-9-22/h4-5,12-13H,3,6-11H2,1-2H3,(H,19,23)(H,21,24)/b20-13+. The minimum absolute atomic E-state index is 0.434. The van der Waals surface area contributed by atoms with E-state index in [2.05, 4.69) is 20.7 Å². The smallest absolute Gasteiger partial charge is 0.329 e. The van der Waals surface area contributed by atoms with E-state index in [9.17, 15) is 9.59 Å². The van der Waals surface area contributed by atoms with E-state index in [4.69, 9.17) is 14.2 Å². The molecule has 9 nitrogen and oxygen atoms in total. The van der Waals surface area contributed by atoms with Crippen LogP contribution in [0.1, 0.15) is 12.0 Å². The molecule has 0 aromatic heterocycles. The monoisotopic (exact) mass is 378 g/mol. The predicted octanol–water partition coefficient (Wildman–Crippen LogP) is -0.00760. The van der Waals surface area contributed by atoms with Crippen molar-refractivity contribution in [2.45, 2.75) is 6.42 Å². The zero-order valence-corrected chi connectivity index (χ0v) is 15.7. The summed E-state index contributed by atoms with van der Waals surface area (Å²) in [5, 5.41) is 6.38. The first-order valence-corrected chi connectivity index (χ1v) is 8.77. The number of rotatable bonds is 8. The second-order valence-corrected chi connectivity index (χ2v) is 5.88. The van der Waals surface area contributed by atoms with Crippen molar-refractivity contribution in [2.75, 3.05) is 53.6 Å². The lowest BCUT2D eigenvalue weighted by Gasteiger charge is -2.26. The average Bonchev–Trinajstić information content (AvgIpc) is 2.71. The zero-order chi connectivity index (χ0) is 19.5. The van der Waals surface area contributed by atoms with Gasteiger partial charge in [0, 0.05) is 19.6 Å². The number of hydrogen-bond acceptors (Lipinski definition) is 7. The maximum absolute atomic E-state index is 11.8. The average molecular weight is 378 g/mol. The largest absolute Gasteiger partial charge is 0.493 e. The van der Waals surface area contributed by atoms with Crippen molar-refractivity contribution in [3.63, 3.8) is 0 Å². The van der Waals surface area contributed by atoms with Crippen LogP contribution in [0.3, 0.4) is 0 Å². The number of carbonyl (C=O) groups excluding carboxylic acids is 2. The van der Waals surface area contributed by atoms with Crippen LogP contribution in [-0.4, -0.2) is 76.5 Å². The summed E-state index contributed by atoms with van der Waals surface area (Å²) in [5.41, 5.74) is 2.90. The molecule has 148 valence electrons. The van der Waals surface area contributed by atoms with E-state index in [-0.39, 0.29) is 0 Å². The van der Waals surface area contributed by atoms with Gasteiger partial charge in [0.1, 0.15) is 0 Å². The Morgan fingerprint density at radius 2 is 1.93 bits per heavy atom. The number of amides is 2. The summed E-state index contributed by atoms with van der Waals surface area (Å²) in [5.74, 6) is -0.375. The molecule has 27 heavy (non-hydrogen) atoms. The highest BCUT2D eigenvalue weighted by molar-refractivity contribution is 6.35. The van der Waals surface area contributed by atoms with Crippen LogP contribution >= 0.6 is 0 Å². The molecule has 0 atom stereocenters. The Morgan fingerprint density at radius 3 is 2.63 bits per heavy atom. The summed E-state index contributed by atoms with van der Waals surface area (Å²) in [6.07, 6.45) is 2.19. The maximum Gasteiger partial charge on any atom is 0.329 e. The minimum atomic E-state index is -0.807. The predicted molar refractivity (Wildman–Crippen MR) is 100 cm³/mol. The molecular formula is C18H26N4O5. The SMILES string of the molecule is COc1ccc(/C=N/NC(=O)C(=O)NCCCN2CCOCC2)cc1OC. The van der Waals surface area contributed by atoms with Crippen LogP contribution < -0.4 is 20.2 Å². The summed E-state index contributed by atoms with van der Waals surface area (Å²) in [6.45, 7) is 4.59. The Morgan fingerprint density at radius 1 is 1.19 bits per heavy atom. The summed E-state index contributed by atoms with van der Waals surface area (Å²) in [4.78, 5) is 25.8. The van der Waals surface area contributed by atoms with Crippen molar-refractivity contribution in [3.05, 3.63) is 23.8 Å². The summed E-state index contributed by atoms with van der Waals surface area (Å²) < 4.78 is 15.6. The molecule has 0 radical (unpaired) electrons. The van der Waals surface area contributed by atoms with Gasteiger partial charge in [-0.05, 0) is 36.7 Å². The van der Waals surface area contributed by atoms with E-state index >= 15 is 0 Å². The molecule has 1 fully saturated rings. The van der Waals surface area contributed by atoms with E-state index in [0.29, 0.717) is 23.6 Å². The van der Waals surface area contributed by atoms with Crippen LogP contribution in [-0.2, 0) is 14.3 Å². The van der Waals surface area contributed by atoms with Gasteiger partial charge in [0.05, 0.1) is 33.6 Å². The van der Waals surface area contributed by atoms with Crippen LogP contribution in [0.5, 0.6) is 11.5 Å². The van der Waals surface area contributed by atoms with Gasteiger partial charge in [0.25, 0.3) is 0 Å². The number of benzene rings is 1. The topological polar surface area (TPSA) is 101 Å². The van der Waals surface area contributed by atoms with Crippen molar-refractivity contribution < 1.29 is 23.8 Å². The molecule has 0 unspecified atom stereocenters. The molecule has 0 bridgehead atoms. The lowest BCUT2D eigenvalue weighted by Crippen LogP contribution is -2.40. The van der Waals surface area contributed by atoms with Crippen LogP contribution in [0.15, 0.2) is 23.3 Å². The van der Waals surface area contributed by atoms with Gasteiger partial charge in [-0.25, -0.2) is 5.43 Å². The Balaban J connectivity index is 1.69. The molecule has 0 aliphatic carbocycles. The molecule has 1 heterocycles. The number of ether oxygens (including phenoxy) is 3. The Labute approximate surface area is 158 Å². The van der Waals surface area contributed by atoms with Crippen molar-refractivity contribution >= 4 is 18.0 Å². The molecule has 2 amide bonds. The second kappa shape index (κ2) is 11.1. The normalized spacial score (nSPS) is 14.7. The lowest BCUT2D eigenvalue weighted by molar-refractivity contribution is -0.139. The van der Waals surface area contributed by atoms with Crippen LogP contribution in [0, 0.1) is 0 Å². The number of morpholine rings is 1. The van der Waals surface area contributed by atoms with Crippen molar-refractivity contribution in [1.82, 2.24) is 15.6 Å². The second-order valence-electron chi connectivity index (χ2n) is 5.88. The molecule has 9 heteroatoms. The molecule has 1 aliphatic heterocycles. The first-order valence-electron chi connectivity index (χ1n) is 8.77. The highest BCUT2D eigenvalue weighted by atomic mass is 16.5. The van der Waals surface area contributed by atoms with E-state index in [0.717, 1.165) is 39.3 Å².